The Morgan fingerprint density at radius 1 is 0.868 bits per heavy atom. The second kappa shape index (κ2) is 12.0. The van der Waals surface area contributed by atoms with E-state index < -0.39 is 32.5 Å². The van der Waals surface area contributed by atoms with Crippen LogP contribution in [0.2, 0.25) is 0 Å². The molecule has 11 heteroatoms. The molecule has 1 heterocycles. The van der Waals surface area contributed by atoms with Crippen LogP contribution in [0, 0.1) is 6.92 Å². The average Bonchev–Trinajstić information content (AvgIpc) is 3.47. The highest BCUT2D eigenvalue weighted by Crippen LogP contribution is 2.24. The van der Waals surface area contributed by atoms with Crippen molar-refractivity contribution in [3.8, 4) is 5.75 Å². The third-order valence-corrected chi connectivity index (χ3v) is 9.86. The van der Waals surface area contributed by atoms with Gasteiger partial charge in [0, 0.05) is 13.1 Å². The Kier molecular flexibility index (Phi) is 8.70. The Morgan fingerprint density at radius 3 is 2.13 bits per heavy atom. The first-order valence-electron chi connectivity index (χ1n) is 12.3. The van der Waals surface area contributed by atoms with E-state index in [1.54, 1.807) is 54.6 Å². The lowest BCUT2D eigenvalue weighted by molar-refractivity contribution is -0.119. The fraction of sp³-hybridized carbons (Fsp3) is 0.296. The van der Waals surface area contributed by atoms with Gasteiger partial charge in [-0.2, -0.15) is 4.31 Å². The molecule has 0 aliphatic carbocycles. The molecule has 38 heavy (non-hydrogen) atoms. The maximum atomic E-state index is 13.3. The van der Waals surface area contributed by atoms with E-state index in [0.29, 0.717) is 24.5 Å². The van der Waals surface area contributed by atoms with E-state index in [4.69, 9.17) is 4.74 Å². The Bertz CT molecular complexity index is 1440. The normalized spacial score (nSPS) is 14.2. The zero-order valence-electron chi connectivity index (χ0n) is 21.1. The summed E-state index contributed by atoms with van der Waals surface area (Å²) in [5, 5.41) is 2.69. The molecule has 1 saturated heterocycles. The van der Waals surface area contributed by atoms with Crippen LogP contribution >= 0.6 is 0 Å². The van der Waals surface area contributed by atoms with E-state index >= 15 is 0 Å². The number of nitrogens with one attached hydrogen (secondary N) is 1. The molecule has 4 rings (SSSR count). The summed E-state index contributed by atoms with van der Waals surface area (Å²) in [7, 11) is -7.46. The van der Waals surface area contributed by atoms with Crippen molar-refractivity contribution in [1.29, 1.82) is 0 Å². The van der Waals surface area contributed by atoms with E-state index in [2.05, 4.69) is 5.32 Å². The van der Waals surface area contributed by atoms with Gasteiger partial charge in [-0.05, 0) is 68.3 Å². The number of sulfonamides is 2. The molecule has 1 N–H and O–H groups in total. The van der Waals surface area contributed by atoms with E-state index in [-0.39, 0.29) is 22.9 Å². The highest BCUT2D eigenvalue weighted by Gasteiger charge is 2.28. The van der Waals surface area contributed by atoms with Gasteiger partial charge in [-0.3, -0.25) is 9.10 Å². The SMILES string of the molecule is Cc1ccc(N(CC(=O)NCCOc2ccc(S(=O)(=O)N3CCCC3)cc2)S(=O)(=O)c2ccccc2)cc1. The average molecular weight is 558 g/mol. The third kappa shape index (κ3) is 6.53. The Hall–Kier alpha value is -3.41. The number of nitrogens with zero attached hydrogens (tertiary/aromatic N) is 2. The number of amides is 1. The van der Waals surface area contributed by atoms with Crippen molar-refractivity contribution in [2.24, 2.45) is 0 Å². The molecule has 1 amide bonds. The number of rotatable bonds is 11. The molecular weight excluding hydrogens is 526 g/mol. The van der Waals surface area contributed by atoms with Gasteiger partial charge in [-0.15, -0.1) is 0 Å². The van der Waals surface area contributed by atoms with Crippen LogP contribution in [0.4, 0.5) is 5.69 Å². The molecule has 1 aliphatic rings. The lowest BCUT2D eigenvalue weighted by atomic mass is 10.2. The lowest BCUT2D eigenvalue weighted by Crippen LogP contribution is -2.41. The largest absolute Gasteiger partial charge is 0.492 e. The van der Waals surface area contributed by atoms with Crippen LogP contribution in [-0.2, 0) is 24.8 Å². The van der Waals surface area contributed by atoms with Gasteiger partial charge in [0.05, 0.1) is 22.0 Å². The van der Waals surface area contributed by atoms with Gasteiger partial charge >= 0.3 is 0 Å². The minimum absolute atomic E-state index is 0.0897. The number of anilines is 1. The second-order valence-corrected chi connectivity index (χ2v) is 12.7. The van der Waals surface area contributed by atoms with E-state index in [9.17, 15) is 21.6 Å². The van der Waals surface area contributed by atoms with Crippen LogP contribution in [0.5, 0.6) is 5.75 Å². The predicted molar refractivity (Wildman–Crippen MR) is 145 cm³/mol. The number of hydrogen-bond donors (Lipinski definition) is 1. The van der Waals surface area contributed by atoms with Gasteiger partial charge in [0.1, 0.15) is 18.9 Å². The molecule has 0 atom stereocenters. The highest BCUT2D eigenvalue weighted by molar-refractivity contribution is 7.92. The van der Waals surface area contributed by atoms with Crippen LogP contribution < -0.4 is 14.4 Å². The van der Waals surface area contributed by atoms with E-state index in [0.717, 1.165) is 22.7 Å². The van der Waals surface area contributed by atoms with Crippen molar-refractivity contribution in [1.82, 2.24) is 9.62 Å². The fourth-order valence-corrected chi connectivity index (χ4v) is 7.04. The monoisotopic (exact) mass is 557 g/mol. The van der Waals surface area contributed by atoms with Crippen molar-refractivity contribution in [3.63, 3.8) is 0 Å². The number of hydrogen-bond acceptors (Lipinski definition) is 6. The molecule has 0 radical (unpaired) electrons. The van der Waals surface area contributed by atoms with Crippen LogP contribution in [0.3, 0.4) is 0 Å². The maximum absolute atomic E-state index is 13.3. The fourth-order valence-electron chi connectivity index (χ4n) is 4.08. The Labute approximate surface area is 224 Å². The maximum Gasteiger partial charge on any atom is 0.264 e. The first kappa shape index (κ1) is 27.6. The molecule has 0 spiro atoms. The topological polar surface area (TPSA) is 113 Å². The predicted octanol–water partition coefficient (Wildman–Crippen LogP) is 3.17. The number of carbonyl (C=O) groups is 1. The van der Waals surface area contributed by atoms with Gasteiger partial charge in [-0.1, -0.05) is 35.9 Å². The minimum atomic E-state index is -3.97. The molecule has 0 saturated carbocycles. The zero-order chi connectivity index (χ0) is 27.2. The summed E-state index contributed by atoms with van der Waals surface area (Å²) in [6.07, 6.45) is 1.74. The Morgan fingerprint density at radius 2 is 1.50 bits per heavy atom. The number of benzene rings is 3. The highest BCUT2D eigenvalue weighted by atomic mass is 32.2. The van der Waals surface area contributed by atoms with Gasteiger partial charge in [0.2, 0.25) is 15.9 Å². The lowest BCUT2D eigenvalue weighted by Gasteiger charge is -2.24. The van der Waals surface area contributed by atoms with Crippen molar-refractivity contribution in [3.05, 3.63) is 84.4 Å². The summed E-state index contributed by atoms with van der Waals surface area (Å²) < 4.78 is 60.1. The van der Waals surface area contributed by atoms with E-state index in [1.165, 1.54) is 28.6 Å². The van der Waals surface area contributed by atoms with Crippen molar-refractivity contribution >= 4 is 31.6 Å². The molecule has 9 nitrogen and oxygen atoms in total. The van der Waals surface area contributed by atoms with Gasteiger partial charge in [0.25, 0.3) is 10.0 Å². The molecule has 0 aromatic heterocycles. The van der Waals surface area contributed by atoms with Crippen LogP contribution in [0.15, 0.2) is 88.7 Å². The van der Waals surface area contributed by atoms with Gasteiger partial charge in [0.15, 0.2) is 0 Å². The Balaban J connectivity index is 1.34. The van der Waals surface area contributed by atoms with Crippen LogP contribution in [-0.4, -0.2) is 59.8 Å². The smallest absolute Gasteiger partial charge is 0.264 e. The summed E-state index contributed by atoms with van der Waals surface area (Å²) in [6, 6.07) is 21.1. The third-order valence-electron chi connectivity index (χ3n) is 6.16. The molecule has 0 bridgehead atoms. The van der Waals surface area contributed by atoms with Crippen molar-refractivity contribution in [2.45, 2.75) is 29.6 Å². The number of carbonyl (C=O) groups excluding carboxylic acids is 1. The summed E-state index contributed by atoms with van der Waals surface area (Å²) >= 11 is 0. The second-order valence-electron chi connectivity index (χ2n) is 8.94. The molecule has 3 aromatic carbocycles. The zero-order valence-corrected chi connectivity index (χ0v) is 22.7. The summed E-state index contributed by atoms with van der Waals surface area (Å²) in [4.78, 5) is 13.0. The van der Waals surface area contributed by atoms with Gasteiger partial charge in [-0.25, -0.2) is 16.8 Å². The van der Waals surface area contributed by atoms with Crippen molar-refractivity contribution in [2.75, 3.05) is 37.1 Å². The first-order valence-corrected chi connectivity index (χ1v) is 15.2. The van der Waals surface area contributed by atoms with Crippen LogP contribution in [0.1, 0.15) is 18.4 Å². The first-order chi connectivity index (χ1) is 18.2. The summed E-state index contributed by atoms with van der Waals surface area (Å²) in [5.74, 6) is -0.0201. The minimum Gasteiger partial charge on any atom is -0.492 e. The molecule has 202 valence electrons. The van der Waals surface area contributed by atoms with Crippen LogP contribution in [0.25, 0.3) is 0 Å². The van der Waals surface area contributed by atoms with E-state index in [1.807, 2.05) is 6.92 Å². The summed E-state index contributed by atoms with van der Waals surface area (Å²) in [6.45, 7) is 2.83. The molecule has 3 aromatic rings. The standard InChI is InChI=1S/C27H31N3O6S2/c1-22-9-11-23(12-10-22)30(38(34,35)25-7-3-2-4-8-25)21-27(31)28-17-20-36-24-13-15-26(16-14-24)37(32,33)29-18-5-6-19-29/h2-4,7-16H,5-6,17-21H2,1H3,(H,28,31). The van der Waals surface area contributed by atoms with Gasteiger partial charge < -0.3 is 10.1 Å². The quantitative estimate of drug-likeness (QED) is 0.363. The molecular formula is C27H31N3O6S2. The molecule has 1 aliphatic heterocycles. The number of aryl methyl sites for hydroxylation is 1. The van der Waals surface area contributed by atoms with Crippen molar-refractivity contribution < 1.29 is 26.4 Å². The number of ether oxygens (including phenoxy) is 1. The molecule has 1 fully saturated rings. The summed E-state index contributed by atoms with van der Waals surface area (Å²) in [5.41, 5.74) is 1.35. The molecule has 0 unspecified atom stereocenters.